The van der Waals surface area contributed by atoms with Gasteiger partial charge in [0, 0.05) is 37.0 Å². The molecular formula is C24H33N3O3. The second-order valence-corrected chi connectivity index (χ2v) is 8.94. The highest BCUT2D eigenvalue weighted by molar-refractivity contribution is 5.76. The predicted molar refractivity (Wildman–Crippen MR) is 116 cm³/mol. The Hall–Kier alpha value is -2.34. The van der Waals surface area contributed by atoms with Crippen molar-refractivity contribution >= 4 is 5.91 Å². The van der Waals surface area contributed by atoms with Crippen LogP contribution < -0.4 is 4.74 Å². The molecular weight excluding hydrogens is 378 g/mol. The van der Waals surface area contributed by atoms with Crippen molar-refractivity contribution in [3.8, 4) is 5.75 Å². The van der Waals surface area contributed by atoms with Crippen LogP contribution in [0.1, 0.15) is 54.6 Å². The number of likely N-dealkylation sites (tertiary alicyclic amines) is 1. The molecule has 1 fully saturated rings. The minimum Gasteiger partial charge on any atom is -0.497 e. The van der Waals surface area contributed by atoms with E-state index in [2.05, 4.69) is 16.3 Å². The maximum absolute atomic E-state index is 13.0. The summed E-state index contributed by atoms with van der Waals surface area (Å²) < 4.78 is 5.34. The van der Waals surface area contributed by atoms with Gasteiger partial charge in [-0.15, -0.1) is 0 Å². The second kappa shape index (κ2) is 9.21. The van der Waals surface area contributed by atoms with E-state index in [1.807, 2.05) is 23.1 Å². The molecule has 162 valence electrons. The minimum absolute atomic E-state index is 0.0842. The lowest BCUT2D eigenvalue weighted by molar-refractivity contribution is -0.135. The van der Waals surface area contributed by atoms with Crippen molar-refractivity contribution in [3.63, 3.8) is 0 Å². The topological polar surface area (TPSA) is 78.5 Å². The average molecular weight is 412 g/mol. The van der Waals surface area contributed by atoms with E-state index in [-0.39, 0.29) is 17.9 Å². The highest BCUT2D eigenvalue weighted by Gasteiger charge is 2.37. The molecule has 2 heterocycles. The highest BCUT2D eigenvalue weighted by Crippen LogP contribution is 2.34. The number of carbonyl (C=O) groups is 1. The van der Waals surface area contributed by atoms with Gasteiger partial charge in [0.2, 0.25) is 5.91 Å². The predicted octanol–water partition coefficient (Wildman–Crippen LogP) is 3.07. The van der Waals surface area contributed by atoms with Gasteiger partial charge in [0.1, 0.15) is 5.75 Å². The largest absolute Gasteiger partial charge is 0.497 e. The summed E-state index contributed by atoms with van der Waals surface area (Å²) in [4.78, 5) is 15.0. The molecule has 2 N–H and O–H groups in total. The Labute approximate surface area is 178 Å². The van der Waals surface area contributed by atoms with E-state index in [4.69, 9.17) is 4.74 Å². The van der Waals surface area contributed by atoms with Crippen LogP contribution in [0.15, 0.2) is 24.3 Å². The maximum Gasteiger partial charge on any atom is 0.222 e. The number of methoxy groups -OCH3 is 1. The van der Waals surface area contributed by atoms with E-state index < -0.39 is 0 Å². The molecule has 0 unspecified atom stereocenters. The molecule has 6 nitrogen and oxygen atoms in total. The molecule has 0 spiro atoms. The van der Waals surface area contributed by atoms with Crippen LogP contribution in [0.3, 0.4) is 0 Å². The first-order valence-electron chi connectivity index (χ1n) is 11.2. The molecule has 1 saturated heterocycles. The molecule has 1 aromatic carbocycles. The third-order valence-electron chi connectivity index (χ3n) is 6.78. The Morgan fingerprint density at radius 1 is 1.30 bits per heavy atom. The van der Waals surface area contributed by atoms with Crippen LogP contribution in [0, 0.1) is 5.41 Å². The van der Waals surface area contributed by atoms with Gasteiger partial charge in [-0.25, -0.2) is 0 Å². The fourth-order valence-electron chi connectivity index (χ4n) is 5.11. The van der Waals surface area contributed by atoms with Crippen molar-refractivity contribution in [3.05, 3.63) is 46.8 Å². The minimum atomic E-state index is -0.286. The Bertz CT molecular complexity index is 878. The van der Waals surface area contributed by atoms with E-state index in [1.54, 1.807) is 7.11 Å². The van der Waals surface area contributed by atoms with Gasteiger partial charge in [-0.3, -0.25) is 9.89 Å². The molecule has 1 atom stereocenters. The molecule has 0 bridgehead atoms. The maximum atomic E-state index is 13.0. The average Bonchev–Trinajstić information content (AvgIpc) is 3.21. The zero-order chi connectivity index (χ0) is 21.0. The number of ether oxygens (including phenoxy) is 1. The number of benzene rings is 1. The van der Waals surface area contributed by atoms with Gasteiger partial charge in [0.15, 0.2) is 0 Å². The smallest absolute Gasteiger partial charge is 0.222 e. The molecule has 0 radical (unpaired) electrons. The number of carbonyl (C=O) groups excluding carboxylic acids is 1. The molecule has 4 rings (SSSR count). The first-order valence-corrected chi connectivity index (χ1v) is 11.2. The number of hydrogen-bond donors (Lipinski definition) is 2. The zero-order valence-electron chi connectivity index (χ0n) is 18.0. The van der Waals surface area contributed by atoms with Gasteiger partial charge in [0.25, 0.3) is 0 Å². The number of aromatic amines is 1. The van der Waals surface area contributed by atoms with Gasteiger partial charge in [-0.1, -0.05) is 12.1 Å². The number of aryl methyl sites for hydroxylation is 2. The summed E-state index contributed by atoms with van der Waals surface area (Å²) in [6, 6.07) is 8.01. The van der Waals surface area contributed by atoms with Gasteiger partial charge in [0.05, 0.1) is 19.4 Å². The first kappa shape index (κ1) is 20.9. The van der Waals surface area contributed by atoms with Crippen LogP contribution in [0.4, 0.5) is 0 Å². The van der Waals surface area contributed by atoms with Crippen molar-refractivity contribution < 1.29 is 14.6 Å². The molecule has 0 saturated carbocycles. The van der Waals surface area contributed by atoms with Crippen LogP contribution in [0.25, 0.3) is 0 Å². The molecule has 1 aliphatic heterocycles. The van der Waals surface area contributed by atoms with Gasteiger partial charge < -0.3 is 14.7 Å². The lowest BCUT2D eigenvalue weighted by Crippen LogP contribution is -2.49. The number of aromatic nitrogens is 2. The number of hydrogen-bond acceptors (Lipinski definition) is 4. The Balaban J connectivity index is 1.39. The number of piperidine rings is 1. The van der Waals surface area contributed by atoms with Crippen molar-refractivity contribution in [1.82, 2.24) is 15.1 Å². The van der Waals surface area contributed by atoms with Crippen molar-refractivity contribution in [2.75, 3.05) is 26.8 Å². The summed E-state index contributed by atoms with van der Waals surface area (Å²) in [6.07, 6.45) is 8.36. The van der Waals surface area contributed by atoms with Gasteiger partial charge in [-0.05, 0) is 68.2 Å². The third kappa shape index (κ3) is 4.53. The number of amides is 1. The number of fused-ring (bicyclic) bond motifs is 1. The van der Waals surface area contributed by atoms with Crippen LogP contribution in [-0.2, 0) is 30.5 Å². The summed E-state index contributed by atoms with van der Waals surface area (Å²) in [5.74, 6) is 0.998. The van der Waals surface area contributed by atoms with Crippen LogP contribution in [0.2, 0.25) is 0 Å². The van der Waals surface area contributed by atoms with Crippen molar-refractivity contribution in [1.29, 1.82) is 0 Å². The third-order valence-corrected chi connectivity index (χ3v) is 6.78. The number of aliphatic hydroxyl groups excluding tert-OH is 1. The van der Waals surface area contributed by atoms with E-state index in [0.29, 0.717) is 19.4 Å². The van der Waals surface area contributed by atoms with Gasteiger partial charge >= 0.3 is 0 Å². The Kier molecular flexibility index (Phi) is 6.42. The van der Waals surface area contributed by atoms with Crippen LogP contribution in [0.5, 0.6) is 5.75 Å². The second-order valence-electron chi connectivity index (χ2n) is 8.94. The SMILES string of the molecule is COc1cccc(C[C@@]2(CO)CCCN(C(=O)CCc3n[nH]c4c3CCCC4)C2)c1. The van der Waals surface area contributed by atoms with E-state index in [0.717, 1.165) is 55.7 Å². The van der Waals surface area contributed by atoms with Gasteiger partial charge in [-0.2, -0.15) is 5.10 Å². The Morgan fingerprint density at radius 3 is 3.00 bits per heavy atom. The Morgan fingerprint density at radius 2 is 2.17 bits per heavy atom. The number of aliphatic hydroxyl groups is 1. The normalized spacial score (nSPS) is 21.3. The fourth-order valence-corrected chi connectivity index (χ4v) is 5.11. The molecule has 1 aliphatic carbocycles. The summed E-state index contributed by atoms with van der Waals surface area (Å²) >= 11 is 0. The summed E-state index contributed by atoms with van der Waals surface area (Å²) in [5, 5.41) is 17.9. The molecule has 2 aliphatic rings. The summed E-state index contributed by atoms with van der Waals surface area (Å²) in [6.45, 7) is 1.47. The number of nitrogens with zero attached hydrogens (tertiary/aromatic N) is 2. The molecule has 6 heteroatoms. The number of H-pyrrole nitrogens is 1. The quantitative estimate of drug-likeness (QED) is 0.734. The van der Waals surface area contributed by atoms with Crippen LogP contribution >= 0.6 is 0 Å². The molecule has 1 aromatic heterocycles. The number of nitrogens with one attached hydrogen (secondary N) is 1. The first-order chi connectivity index (χ1) is 14.6. The van der Waals surface area contributed by atoms with Crippen molar-refractivity contribution in [2.24, 2.45) is 5.41 Å². The van der Waals surface area contributed by atoms with E-state index in [9.17, 15) is 9.90 Å². The fraction of sp³-hybridized carbons (Fsp3) is 0.583. The van der Waals surface area contributed by atoms with E-state index >= 15 is 0 Å². The van der Waals surface area contributed by atoms with E-state index in [1.165, 1.54) is 24.1 Å². The molecule has 30 heavy (non-hydrogen) atoms. The lowest BCUT2D eigenvalue weighted by atomic mass is 9.75. The van der Waals surface area contributed by atoms with Crippen molar-refractivity contribution in [2.45, 2.75) is 57.8 Å². The summed E-state index contributed by atoms with van der Waals surface area (Å²) in [7, 11) is 1.67. The lowest BCUT2D eigenvalue weighted by Gasteiger charge is -2.42. The molecule has 2 aromatic rings. The summed E-state index contributed by atoms with van der Waals surface area (Å²) in [5.41, 5.74) is 4.53. The number of rotatable bonds is 7. The standard InChI is InChI=1S/C24H33N3O3/c1-30-19-7-4-6-18(14-19)15-24(17-28)12-5-13-27(16-24)23(29)11-10-22-20-8-2-3-9-21(20)25-26-22/h4,6-7,14,28H,2-3,5,8-13,15-17H2,1H3,(H,25,26)/t24-/m0/s1. The van der Waals surface area contributed by atoms with Crippen LogP contribution in [-0.4, -0.2) is 52.9 Å². The highest BCUT2D eigenvalue weighted by atomic mass is 16.5. The zero-order valence-corrected chi connectivity index (χ0v) is 18.0. The monoisotopic (exact) mass is 411 g/mol. The molecule has 1 amide bonds.